The van der Waals surface area contributed by atoms with Gasteiger partial charge in [0.15, 0.2) is 0 Å². The lowest BCUT2D eigenvalue weighted by molar-refractivity contribution is -0.159. The van der Waals surface area contributed by atoms with Crippen molar-refractivity contribution >= 4 is 34.7 Å². The Labute approximate surface area is 206 Å². The number of para-hydroxylation sites is 1. The Kier molecular flexibility index (Phi) is 5.44. The van der Waals surface area contributed by atoms with E-state index >= 15 is 0 Å². The minimum absolute atomic E-state index is 0.0630. The highest BCUT2D eigenvalue weighted by Gasteiger charge is 2.60. The van der Waals surface area contributed by atoms with Crippen LogP contribution in [0.3, 0.4) is 0 Å². The summed E-state index contributed by atoms with van der Waals surface area (Å²) in [6.07, 6.45) is 0. The van der Waals surface area contributed by atoms with E-state index in [0.29, 0.717) is 16.5 Å². The Hall–Kier alpha value is -4.72. The molecule has 0 N–H and O–H groups in total. The molecule has 3 aromatic carbocycles. The Morgan fingerprint density at radius 1 is 0.750 bits per heavy atom. The average Bonchev–Trinajstić information content (AvgIpc) is 3.28. The molecule has 1 aliphatic rings. The van der Waals surface area contributed by atoms with E-state index in [4.69, 9.17) is 14.2 Å². The first kappa shape index (κ1) is 23.0. The van der Waals surface area contributed by atoms with Crippen LogP contribution in [0.25, 0.3) is 22.0 Å². The zero-order valence-corrected chi connectivity index (χ0v) is 19.7. The largest absolute Gasteiger partial charge is 0.468 e. The van der Waals surface area contributed by atoms with E-state index in [1.165, 1.54) is 11.7 Å². The van der Waals surface area contributed by atoms with Crippen LogP contribution in [-0.4, -0.2) is 49.7 Å². The highest BCUT2D eigenvalue weighted by molar-refractivity contribution is 6.22. The number of benzene rings is 3. The van der Waals surface area contributed by atoms with Gasteiger partial charge in [-0.3, -0.25) is 19.0 Å². The molecular formula is C28H21NO7. The third-order valence-corrected chi connectivity index (χ3v) is 6.57. The van der Waals surface area contributed by atoms with Crippen LogP contribution in [-0.2, 0) is 29.2 Å². The fourth-order valence-corrected chi connectivity index (χ4v) is 5.02. The van der Waals surface area contributed by atoms with Gasteiger partial charge in [0.1, 0.15) is 0 Å². The van der Waals surface area contributed by atoms with Crippen molar-refractivity contribution in [3.63, 3.8) is 0 Å². The maximum atomic E-state index is 13.9. The van der Waals surface area contributed by atoms with Crippen LogP contribution in [0, 0.1) is 0 Å². The van der Waals surface area contributed by atoms with Crippen molar-refractivity contribution in [2.75, 3.05) is 21.3 Å². The van der Waals surface area contributed by atoms with Gasteiger partial charge < -0.3 is 14.2 Å². The van der Waals surface area contributed by atoms with Gasteiger partial charge in [-0.2, -0.15) is 0 Å². The van der Waals surface area contributed by atoms with Crippen molar-refractivity contribution in [3.8, 4) is 11.1 Å². The van der Waals surface area contributed by atoms with Gasteiger partial charge in [0.05, 0.1) is 38.1 Å². The molecule has 0 unspecified atom stereocenters. The number of esters is 3. The minimum atomic E-state index is -2.28. The lowest BCUT2D eigenvalue weighted by Crippen LogP contribution is -2.52. The first-order valence-electron chi connectivity index (χ1n) is 11.1. The molecule has 1 aliphatic heterocycles. The van der Waals surface area contributed by atoms with E-state index in [1.54, 1.807) is 42.5 Å². The fourth-order valence-electron chi connectivity index (χ4n) is 5.02. The normalized spacial score (nSPS) is 13.5. The number of methoxy groups -OCH3 is 3. The Balaban J connectivity index is 2.00. The summed E-state index contributed by atoms with van der Waals surface area (Å²) in [6, 6.07) is 20.8. The minimum Gasteiger partial charge on any atom is -0.468 e. The fraction of sp³-hybridized carbons (Fsp3) is 0.143. The Morgan fingerprint density at radius 2 is 1.39 bits per heavy atom. The summed E-state index contributed by atoms with van der Waals surface area (Å²) >= 11 is 0. The second kappa shape index (κ2) is 8.49. The summed E-state index contributed by atoms with van der Waals surface area (Å²) in [5.41, 5.74) is -0.569. The quantitative estimate of drug-likeness (QED) is 0.248. The molecular weight excluding hydrogens is 462 g/mol. The van der Waals surface area contributed by atoms with Gasteiger partial charge in [-0.15, -0.1) is 0 Å². The third-order valence-electron chi connectivity index (χ3n) is 6.57. The molecule has 0 amide bonds. The van der Waals surface area contributed by atoms with Gasteiger partial charge in [0.25, 0.3) is 5.91 Å². The number of aromatic nitrogens is 1. The number of carbonyl (C=O) groups is 4. The van der Waals surface area contributed by atoms with Crippen molar-refractivity contribution in [2.45, 2.75) is 5.41 Å². The molecule has 0 fully saturated rings. The number of hydrogen-bond acceptors (Lipinski definition) is 7. The molecule has 0 radical (unpaired) electrons. The molecule has 2 heterocycles. The third kappa shape index (κ3) is 2.94. The summed E-state index contributed by atoms with van der Waals surface area (Å²) in [5.74, 6) is -3.31. The first-order valence-corrected chi connectivity index (χ1v) is 11.1. The lowest BCUT2D eigenvalue weighted by Gasteiger charge is -2.35. The summed E-state index contributed by atoms with van der Waals surface area (Å²) in [6.45, 7) is 0. The van der Waals surface area contributed by atoms with Crippen LogP contribution in [0.4, 0.5) is 0 Å². The van der Waals surface area contributed by atoms with Crippen LogP contribution in [0.5, 0.6) is 0 Å². The van der Waals surface area contributed by atoms with Gasteiger partial charge in [0.2, 0.25) is 5.41 Å². The van der Waals surface area contributed by atoms with Gasteiger partial charge in [-0.1, -0.05) is 54.6 Å². The van der Waals surface area contributed by atoms with Crippen molar-refractivity contribution < 1.29 is 33.4 Å². The van der Waals surface area contributed by atoms with Crippen LogP contribution in [0.2, 0.25) is 0 Å². The SMILES string of the molecule is COC(=O)c1c2n(c3ccccc13)C(=O)c1ccc(-c3ccccc3)cc1C2(C(=O)OC)C(=O)OC. The molecule has 36 heavy (non-hydrogen) atoms. The molecule has 1 aromatic heterocycles. The molecule has 0 saturated heterocycles. The van der Waals surface area contributed by atoms with Gasteiger partial charge in [0, 0.05) is 10.9 Å². The van der Waals surface area contributed by atoms with Crippen molar-refractivity contribution in [2.24, 2.45) is 0 Å². The summed E-state index contributed by atoms with van der Waals surface area (Å²) in [5, 5.41) is 0.348. The van der Waals surface area contributed by atoms with Crippen LogP contribution in [0.15, 0.2) is 72.8 Å². The highest BCUT2D eigenvalue weighted by Crippen LogP contribution is 2.47. The van der Waals surface area contributed by atoms with Gasteiger partial charge >= 0.3 is 17.9 Å². The molecule has 8 heteroatoms. The van der Waals surface area contributed by atoms with Crippen molar-refractivity contribution in [3.05, 3.63) is 95.2 Å². The average molecular weight is 483 g/mol. The van der Waals surface area contributed by atoms with Crippen LogP contribution in [0.1, 0.15) is 32.0 Å². The predicted octanol–water partition coefficient (Wildman–Crippen LogP) is 3.73. The Morgan fingerprint density at radius 3 is 2.03 bits per heavy atom. The molecule has 0 saturated carbocycles. The second-order valence-corrected chi connectivity index (χ2v) is 8.23. The van der Waals surface area contributed by atoms with Gasteiger partial charge in [-0.05, 0) is 34.9 Å². The van der Waals surface area contributed by atoms with E-state index in [1.807, 2.05) is 30.3 Å². The maximum Gasteiger partial charge on any atom is 0.340 e. The van der Waals surface area contributed by atoms with Crippen LogP contribution < -0.4 is 0 Å². The first-order chi connectivity index (χ1) is 17.4. The van der Waals surface area contributed by atoms with E-state index in [0.717, 1.165) is 19.8 Å². The summed E-state index contributed by atoms with van der Waals surface area (Å²) in [7, 11) is 3.45. The highest BCUT2D eigenvalue weighted by atomic mass is 16.5. The lowest BCUT2D eigenvalue weighted by atomic mass is 9.71. The van der Waals surface area contributed by atoms with Gasteiger partial charge in [-0.25, -0.2) is 4.79 Å². The zero-order valence-electron chi connectivity index (χ0n) is 19.7. The molecule has 8 nitrogen and oxygen atoms in total. The standard InChI is InChI=1S/C28H21NO7/c1-34-25(31)22-19-11-7-8-12-21(19)29-23(22)28(26(32)35-2,27(33)36-3)20-15-17(13-14-18(20)24(29)30)16-9-5-4-6-10-16/h4-15H,1-3H3. The number of ether oxygens (including phenoxy) is 3. The van der Waals surface area contributed by atoms with E-state index < -0.39 is 29.2 Å². The maximum absolute atomic E-state index is 13.9. The number of hydrogen-bond donors (Lipinski definition) is 0. The molecule has 4 aromatic rings. The van der Waals surface area contributed by atoms with Crippen molar-refractivity contribution in [1.82, 2.24) is 4.57 Å². The number of nitrogens with zero attached hydrogens (tertiary/aromatic N) is 1. The number of carbonyl (C=O) groups excluding carboxylic acids is 4. The monoisotopic (exact) mass is 483 g/mol. The molecule has 0 atom stereocenters. The smallest absolute Gasteiger partial charge is 0.340 e. The predicted molar refractivity (Wildman–Crippen MR) is 130 cm³/mol. The summed E-state index contributed by atoms with van der Waals surface area (Å²) in [4.78, 5) is 54.5. The molecule has 0 bridgehead atoms. The van der Waals surface area contributed by atoms with E-state index in [2.05, 4.69) is 0 Å². The molecule has 0 spiro atoms. The van der Waals surface area contributed by atoms with Crippen molar-refractivity contribution in [1.29, 1.82) is 0 Å². The molecule has 180 valence electrons. The molecule has 5 rings (SSSR count). The van der Waals surface area contributed by atoms with Crippen LogP contribution >= 0.6 is 0 Å². The number of fused-ring (bicyclic) bond motifs is 4. The van der Waals surface area contributed by atoms with E-state index in [-0.39, 0.29) is 22.4 Å². The van der Waals surface area contributed by atoms with E-state index in [9.17, 15) is 19.2 Å². The topological polar surface area (TPSA) is 101 Å². The zero-order chi connectivity index (χ0) is 25.6. The molecule has 0 aliphatic carbocycles. The second-order valence-electron chi connectivity index (χ2n) is 8.23. The number of rotatable bonds is 4. The Bertz CT molecular complexity index is 1550. The summed E-state index contributed by atoms with van der Waals surface area (Å²) < 4.78 is 16.6.